The number of hydrogen-bond acceptors (Lipinski definition) is 5. The number of nitrogens with one attached hydrogen (secondary N) is 2. The third kappa shape index (κ3) is 3.38. The molecule has 0 saturated carbocycles. The van der Waals surface area contributed by atoms with Crippen LogP contribution in [0.4, 0.5) is 14.6 Å². The molecule has 0 bridgehead atoms. The van der Waals surface area contributed by atoms with Crippen molar-refractivity contribution in [1.82, 2.24) is 20.3 Å². The first kappa shape index (κ1) is 18.6. The van der Waals surface area contributed by atoms with Crippen LogP contribution in [0.15, 0.2) is 30.7 Å². The minimum absolute atomic E-state index is 0.0361. The first-order valence-corrected chi connectivity index (χ1v) is 8.99. The van der Waals surface area contributed by atoms with Gasteiger partial charge in [0.05, 0.1) is 15.9 Å². The van der Waals surface area contributed by atoms with Gasteiger partial charge in [0.25, 0.3) is 5.91 Å². The molecule has 0 unspecified atom stereocenters. The van der Waals surface area contributed by atoms with Gasteiger partial charge >= 0.3 is 0 Å². The van der Waals surface area contributed by atoms with Gasteiger partial charge in [-0.15, -0.1) is 0 Å². The summed E-state index contributed by atoms with van der Waals surface area (Å²) in [5.74, 6) is -1.91. The molecule has 1 atom stereocenters. The van der Waals surface area contributed by atoms with Crippen molar-refractivity contribution < 1.29 is 13.6 Å². The van der Waals surface area contributed by atoms with Crippen molar-refractivity contribution in [2.45, 2.75) is 12.0 Å². The molecule has 7 nitrogen and oxygen atoms in total. The quantitative estimate of drug-likeness (QED) is 0.617. The number of benzene rings is 1. The summed E-state index contributed by atoms with van der Waals surface area (Å²) in [6.45, 7) is 1.25. The molecule has 1 amide bonds. The van der Waals surface area contributed by atoms with E-state index >= 15 is 0 Å². The Bertz CT molecular complexity index is 1060. The largest absolute Gasteiger partial charge is 0.354 e. The molecule has 1 saturated heterocycles. The van der Waals surface area contributed by atoms with Crippen LogP contribution in [0.5, 0.6) is 0 Å². The van der Waals surface area contributed by atoms with Gasteiger partial charge in [0, 0.05) is 31.4 Å². The molecule has 4 rings (SSSR count). The standard InChI is InChI=1S/C18H17ClF2N6O/c19-11-6-23-15-14(11)16(26-9-25-15)27-4-3-18(22,8-27)7-24-17(28)10-1-2-12(20)13(21)5-10/h1-2,5-6,9H,3-4,7-8,22H2,(H,24,28)(H,23,25,26)/t18-/m0/s1. The summed E-state index contributed by atoms with van der Waals surface area (Å²) in [6, 6.07) is 3.00. The minimum atomic E-state index is -1.07. The summed E-state index contributed by atoms with van der Waals surface area (Å²) in [5, 5.41) is 3.94. The number of H-pyrrole nitrogens is 1. The lowest BCUT2D eigenvalue weighted by Gasteiger charge is -2.25. The van der Waals surface area contributed by atoms with E-state index in [9.17, 15) is 13.6 Å². The molecule has 2 aromatic heterocycles. The van der Waals surface area contributed by atoms with Gasteiger partial charge in [-0.3, -0.25) is 4.79 Å². The highest BCUT2D eigenvalue weighted by Gasteiger charge is 2.36. The van der Waals surface area contributed by atoms with Crippen molar-refractivity contribution >= 4 is 34.4 Å². The average Bonchev–Trinajstić information content (AvgIpc) is 3.26. The predicted molar refractivity (Wildman–Crippen MR) is 101 cm³/mol. The summed E-state index contributed by atoms with van der Waals surface area (Å²) < 4.78 is 26.3. The second-order valence-corrected chi connectivity index (χ2v) is 7.31. The number of hydrogen-bond donors (Lipinski definition) is 3. The van der Waals surface area contributed by atoms with Crippen LogP contribution in [0.2, 0.25) is 5.02 Å². The zero-order valence-corrected chi connectivity index (χ0v) is 15.4. The van der Waals surface area contributed by atoms with Crippen molar-refractivity contribution in [2.24, 2.45) is 5.73 Å². The van der Waals surface area contributed by atoms with E-state index < -0.39 is 23.1 Å². The molecular weight excluding hydrogens is 390 g/mol. The van der Waals surface area contributed by atoms with Gasteiger partial charge in [-0.25, -0.2) is 18.7 Å². The van der Waals surface area contributed by atoms with E-state index in [1.807, 2.05) is 4.90 Å². The van der Waals surface area contributed by atoms with Crippen molar-refractivity contribution in [2.75, 3.05) is 24.5 Å². The van der Waals surface area contributed by atoms with Gasteiger partial charge in [0.1, 0.15) is 17.8 Å². The number of halogens is 3. The van der Waals surface area contributed by atoms with Crippen molar-refractivity contribution in [1.29, 1.82) is 0 Å². The van der Waals surface area contributed by atoms with E-state index in [-0.39, 0.29) is 12.1 Å². The van der Waals surface area contributed by atoms with Crippen LogP contribution in [0.1, 0.15) is 16.8 Å². The third-order valence-corrected chi connectivity index (χ3v) is 5.17. The van der Waals surface area contributed by atoms with Crippen LogP contribution >= 0.6 is 11.6 Å². The second-order valence-electron chi connectivity index (χ2n) is 6.90. The first-order chi connectivity index (χ1) is 13.4. The topological polar surface area (TPSA) is 99.9 Å². The predicted octanol–water partition coefficient (Wildman–Crippen LogP) is 2.23. The number of nitrogens with zero attached hydrogens (tertiary/aromatic N) is 3. The van der Waals surface area contributed by atoms with Crippen molar-refractivity contribution in [3.63, 3.8) is 0 Å². The molecule has 3 heterocycles. The SMILES string of the molecule is N[C@]1(CNC(=O)c2ccc(F)c(F)c2)CCN(c2ncnc3[nH]cc(Cl)c23)C1. The first-order valence-electron chi connectivity index (χ1n) is 8.61. The Kier molecular flexibility index (Phi) is 4.64. The van der Waals surface area contributed by atoms with Crippen molar-refractivity contribution in [3.8, 4) is 0 Å². The van der Waals surface area contributed by atoms with Crippen LogP contribution in [0.3, 0.4) is 0 Å². The number of rotatable bonds is 4. The molecule has 146 valence electrons. The Morgan fingerprint density at radius 3 is 2.96 bits per heavy atom. The average molecular weight is 407 g/mol. The Hall–Kier alpha value is -2.78. The van der Waals surface area contributed by atoms with Gasteiger partial charge in [-0.1, -0.05) is 11.6 Å². The number of carbonyl (C=O) groups excluding carboxylic acids is 1. The Balaban J connectivity index is 1.46. The molecule has 1 fully saturated rings. The van der Waals surface area contributed by atoms with E-state index in [4.69, 9.17) is 17.3 Å². The second kappa shape index (κ2) is 6.99. The lowest BCUT2D eigenvalue weighted by molar-refractivity contribution is 0.0944. The number of amides is 1. The van der Waals surface area contributed by atoms with Crippen LogP contribution in [0, 0.1) is 11.6 Å². The normalized spacial score (nSPS) is 19.4. The van der Waals surface area contributed by atoms with Gasteiger partial charge in [-0.05, 0) is 24.6 Å². The monoisotopic (exact) mass is 406 g/mol. The maximum Gasteiger partial charge on any atom is 0.251 e. The Labute approximate surface area is 163 Å². The summed E-state index contributed by atoms with van der Waals surface area (Å²) in [4.78, 5) is 25.7. The van der Waals surface area contributed by atoms with E-state index in [0.29, 0.717) is 36.0 Å². The Morgan fingerprint density at radius 2 is 2.18 bits per heavy atom. The molecule has 0 aliphatic carbocycles. The molecule has 1 aromatic carbocycles. The van der Waals surface area contributed by atoms with Gasteiger partial charge in [0.15, 0.2) is 11.6 Å². The summed E-state index contributed by atoms with van der Waals surface area (Å²) in [5.41, 5.74) is 6.42. The smallest absolute Gasteiger partial charge is 0.251 e. The summed E-state index contributed by atoms with van der Waals surface area (Å²) in [6.07, 6.45) is 3.71. The number of nitrogens with two attached hydrogens (primary N) is 1. The number of carbonyl (C=O) groups is 1. The maximum atomic E-state index is 13.3. The zero-order chi connectivity index (χ0) is 19.9. The number of fused-ring (bicyclic) bond motifs is 1. The highest BCUT2D eigenvalue weighted by Crippen LogP contribution is 2.33. The molecule has 28 heavy (non-hydrogen) atoms. The third-order valence-electron chi connectivity index (χ3n) is 4.87. The fourth-order valence-corrected chi connectivity index (χ4v) is 3.59. The molecule has 0 radical (unpaired) electrons. The number of aromatic amines is 1. The lowest BCUT2D eigenvalue weighted by Crippen LogP contribution is -2.52. The van der Waals surface area contributed by atoms with E-state index in [2.05, 4.69) is 20.3 Å². The molecule has 4 N–H and O–H groups in total. The number of aromatic nitrogens is 3. The van der Waals surface area contributed by atoms with Crippen LogP contribution < -0.4 is 16.0 Å². The zero-order valence-electron chi connectivity index (χ0n) is 14.7. The van der Waals surface area contributed by atoms with Gasteiger partial charge in [-0.2, -0.15) is 0 Å². The molecule has 10 heteroatoms. The molecule has 0 spiro atoms. The summed E-state index contributed by atoms with van der Waals surface area (Å²) >= 11 is 6.24. The number of anilines is 1. The molecule has 1 aliphatic rings. The molecule has 3 aromatic rings. The van der Waals surface area contributed by atoms with Crippen LogP contribution in [0.25, 0.3) is 11.0 Å². The maximum absolute atomic E-state index is 13.3. The summed E-state index contributed by atoms with van der Waals surface area (Å²) in [7, 11) is 0. The van der Waals surface area contributed by atoms with Crippen LogP contribution in [-0.4, -0.2) is 46.0 Å². The Morgan fingerprint density at radius 1 is 1.36 bits per heavy atom. The molecule has 1 aliphatic heterocycles. The highest BCUT2D eigenvalue weighted by atomic mass is 35.5. The molecular formula is C18H17ClF2N6O. The lowest BCUT2D eigenvalue weighted by atomic mass is 10.00. The van der Waals surface area contributed by atoms with E-state index in [1.54, 1.807) is 6.20 Å². The van der Waals surface area contributed by atoms with Gasteiger partial charge in [0.2, 0.25) is 0 Å². The van der Waals surface area contributed by atoms with E-state index in [1.165, 1.54) is 12.4 Å². The fraction of sp³-hybridized carbons (Fsp3) is 0.278. The van der Waals surface area contributed by atoms with Crippen molar-refractivity contribution in [3.05, 3.63) is 52.9 Å². The minimum Gasteiger partial charge on any atom is -0.354 e. The highest BCUT2D eigenvalue weighted by molar-refractivity contribution is 6.36. The van der Waals surface area contributed by atoms with Crippen LogP contribution in [-0.2, 0) is 0 Å². The van der Waals surface area contributed by atoms with E-state index in [0.717, 1.165) is 17.5 Å². The fourth-order valence-electron chi connectivity index (χ4n) is 3.37. The van der Waals surface area contributed by atoms with Gasteiger partial charge < -0.3 is 20.9 Å².